The lowest BCUT2D eigenvalue weighted by molar-refractivity contribution is -0.141. The molecular formula is C64H80N8O12. The summed E-state index contributed by atoms with van der Waals surface area (Å²) in [5.41, 5.74) is 3.25. The Balaban J connectivity index is 1.16. The lowest BCUT2D eigenvalue weighted by Gasteiger charge is -2.40. The number of carbonyl (C=O) groups excluding carboxylic acids is 7. The van der Waals surface area contributed by atoms with E-state index >= 15 is 0 Å². The molecule has 20 nitrogen and oxygen atoms in total. The molecule has 0 saturated heterocycles. The Bertz CT molecular complexity index is 3170. The van der Waals surface area contributed by atoms with E-state index in [-0.39, 0.29) is 55.7 Å². The minimum Gasteiger partial charge on any atom is -0.481 e. The number of benzene rings is 4. The summed E-state index contributed by atoms with van der Waals surface area (Å²) in [6, 6.07) is 23.1. The van der Waals surface area contributed by atoms with Crippen LogP contribution in [0.25, 0.3) is 0 Å². The standard InChI is InChI=1S/C64H80N8O12/c1-38(2)50(34-40(5)61(81)82)71(12)60(80)56(63(6,7)8)70-59(79)55(65-11)64(9,10)45-21-17-22-47(35-45)67-62(83)84-37-41-24-28-46(29-25-41)66-57(77)48(30-33-53(75)76)68-58(78)54(39(3)4)69-51(73)31-32-52(74)72-36-44-20-14-13-18-42(44)26-27-43-19-15-16-23-49(43)72/h13-25,28-29,34-35,38-39,48,50,54-56,65H,30-33,36-37H2,1-12H3,(H,66,77)(H,67,83)(H,68,78)(H,69,73)(H,70,79)(H,75,76)(H,81,82)/b40-34+/t48-,50+,54-,55?,56+/m0/s1. The molecule has 1 aliphatic rings. The smallest absolute Gasteiger partial charge is 0.411 e. The first kappa shape index (κ1) is 66.0. The molecule has 0 spiro atoms. The molecule has 0 radical (unpaired) electrons. The normalized spacial score (nSPS) is 14.0. The van der Waals surface area contributed by atoms with Gasteiger partial charge in [-0.3, -0.25) is 38.9 Å². The summed E-state index contributed by atoms with van der Waals surface area (Å²) in [4.78, 5) is 123. The van der Waals surface area contributed by atoms with Crippen molar-refractivity contribution in [2.24, 2.45) is 17.3 Å². The number of aliphatic carboxylic acids is 2. The van der Waals surface area contributed by atoms with Crippen LogP contribution in [-0.2, 0) is 61.7 Å². The highest BCUT2D eigenvalue weighted by molar-refractivity contribution is 6.00. The Morgan fingerprint density at radius 1 is 0.702 bits per heavy atom. The van der Waals surface area contributed by atoms with Crippen molar-refractivity contribution < 1.29 is 58.1 Å². The van der Waals surface area contributed by atoms with E-state index in [0.29, 0.717) is 33.8 Å². The monoisotopic (exact) mass is 1150 g/mol. The van der Waals surface area contributed by atoms with E-state index in [2.05, 4.69) is 43.7 Å². The van der Waals surface area contributed by atoms with Gasteiger partial charge in [-0.15, -0.1) is 0 Å². The number of carbonyl (C=O) groups is 9. The molecule has 0 bridgehead atoms. The van der Waals surface area contributed by atoms with Gasteiger partial charge in [0.05, 0.1) is 24.3 Å². The second kappa shape index (κ2) is 29.4. The zero-order chi connectivity index (χ0) is 62.2. The van der Waals surface area contributed by atoms with Gasteiger partial charge in [0.1, 0.15) is 24.7 Å². The predicted molar refractivity (Wildman–Crippen MR) is 320 cm³/mol. The van der Waals surface area contributed by atoms with Crippen molar-refractivity contribution in [1.29, 1.82) is 0 Å². The van der Waals surface area contributed by atoms with Crippen LogP contribution in [0, 0.1) is 29.1 Å². The van der Waals surface area contributed by atoms with Crippen LogP contribution in [-0.4, -0.2) is 113 Å². The highest BCUT2D eigenvalue weighted by atomic mass is 16.5. The third kappa shape index (κ3) is 18.1. The summed E-state index contributed by atoms with van der Waals surface area (Å²) >= 11 is 0. The third-order valence-corrected chi connectivity index (χ3v) is 14.6. The number of rotatable bonds is 25. The summed E-state index contributed by atoms with van der Waals surface area (Å²) in [6.07, 6.45) is -0.391. The van der Waals surface area contributed by atoms with Gasteiger partial charge in [0.2, 0.25) is 35.4 Å². The van der Waals surface area contributed by atoms with E-state index in [4.69, 9.17) is 4.74 Å². The molecule has 1 unspecified atom stereocenters. The Kier molecular flexibility index (Phi) is 23.1. The molecule has 0 aliphatic carbocycles. The summed E-state index contributed by atoms with van der Waals surface area (Å²) in [5.74, 6) is 0.265. The van der Waals surface area contributed by atoms with Crippen LogP contribution in [0.4, 0.5) is 21.9 Å². The Hall–Kier alpha value is -8.83. The highest BCUT2D eigenvalue weighted by Crippen LogP contribution is 2.32. The maximum Gasteiger partial charge on any atom is 0.411 e. The number of ether oxygens (including phenoxy) is 1. The van der Waals surface area contributed by atoms with Crippen LogP contribution >= 0.6 is 0 Å². The minimum atomic E-state index is -1.32. The van der Waals surface area contributed by atoms with Crippen molar-refractivity contribution in [2.45, 2.75) is 144 Å². The van der Waals surface area contributed by atoms with Crippen molar-refractivity contribution in [3.63, 3.8) is 0 Å². The Morgan fingerprint density at radius 3 is 1.96 bits per heavy atom. The van der Waals surface area contributed by atoms with E-state index < -0.39 is 95.0 Å². The predicted octanol–water partition coefficient (Wildman–Crippen LogP) is 7.50. The van der Waals surface area contributed by atoms with Gasteiger partial charge in [-0.2, -0.15) is 0 Å². The Labute approximate surface area is 491 Å². The summed E-state index contributed by atoms with van der Waals surface area (Å²) in [6.45, 7) is 17.9. The number of hydrogen-bond acceptors (Lipinski definition) is 11. The van der Waals surface area contributed by atoms with Crippen LogP contribution in [0.5, 0.6) is 0 Å². The molecule has 0 fully saturated rings. The molecule has 8 N–H and O–H groups in total. The number of carboxylic acid groups (broad SMARTS) is 2. The number of hydrogen-bond donors (Lipinski definition) is 8. The van der Waals surface area contributed by atoms with Crippen LogP contribution in [0.15, 0.2) is 109 Å². The van der Waals surface area contributed by atoms with Gasteiger partial charge in [0, 0.05) is 59.8 Å². The highest BCUT2D eigenvalue weighted by Gasteiger charge is 2.42. The molecule has 0 saturated carbocycles. The zero-order valence-corrected chi connectivity index (χ0v) is 50.0. The first-order chi connectivity index (χ1) is 39.5. The molecule has 20 heteroatoms. The van der Waals surface area contributed by atoms with Crippen molar-refractivity contribution in [3.05, 3.63) is 137 Å². The maximum absolute atomic E-state index is 14.2. The fraction of sp³-hybridized carbons (Fsp3) is 0.422. The van der Waals surface area contributed by atoms with Gasteiger partial charge in [-0.25, -0.2) is 9.59 Å². The number of amides is 7. The van der Waals surface area contributed by atoms with E-state index in [1.165, 1.54) is 11.8 Å². The van der Waals surface area contributed by atoms with Crippen molar-refractivity contribution in [2.75, 3.05) is 29.6 Å². The van der Waals surface area contributed by atoms with E-state index in [1.54, 1.807) is 87.4 Å². The number of likely N-dealkylation sites (N-methyl/N-ethyl adjacent to an activating group) is 2. The van der Waals surface area contributed by atoms with Crippen LogP contribution in [0.2, 0.25) is 0 Å². The largest absolute Gasteiger partial charge is 0.481 e. The number of para-hydroxylation sites is 1. The summed E-state index contributed by atoms with van der Waals surface area (Å²) in [7, 11) is 3.23. The molecule has 0 aromatic heterocycles. The second-order valence-corrected chi connectivity index (χ2v) is 23.2. The number of carboxylic acids is 2. The van der Waals surface area contributed by atoms with E-state index in [0.717, 1.165) is 11.1 Å². The number of anilines is 3. The SMILES string of the molecule is CNC(C(=O)N[C@H](C(=O)N(C)[C@H](/C=C(\C)C(=O)O)C(C)C)C(C)(C)C)C(C)(C)c1cccc(NC(=O)OCc2ccc(NC(=O)[C@H](CCC(=O)O)NC(=O)[C@@H](NC(=O)CCC(=O)N3Cc4ccccc4C#Cc4ccccc43)C(C)C)cc2)c1. The molecule has 5 rings (SSSR count). The number of fused-ring (bicyclic) bond motifs is 2. The van der Waals surface area contributed by atoms with E-state index in [9.17, 15) is 53.4 Å². The molecule has 4 aromatic rings. The topological polar surface area (TPSA) is 282 Å². The zero-order valence-electron chi connectivity index (χ0n) is 50.0. The Morgan fingerprint density at radius 2 is 1.35 bits per heavy atom. The quantitative estimate of drug-likeness (QED) is 0.0236. The maximum atomic E-state index is 14.2. The molecule has 4 aromatic carbocycles. The van der Waals surface area contributed by atoms with Gasteiger partial charge in [0.25, 0.3) is 0 Å². The van der Waals surface area contributed by atoms with Crippen molar-refractivity contribution >= 4 is 70.5 Å². The molecular weight excluding hydrogens is 1070 g/mol. The lowest BCUT2D eigenvalue weighted by Crippen LogP contribution is -2.61. The number of nitrogens with zero attached hydrogens (tertiary/aromatic N) is 2. The van der Waals surface area contributed by atoms with Gasteiger partial charge >= 0.3 is 18.0 Å². The van der Waals surface area contributed by atoms with Crippen molar-refractivity contribution in [1.82, 2.24) is 26.2 Å². The molecule has 7 amide bonds. The fourth-order valence-corrected chi connectivity index (χ4v) is 9.65. The first-order valence-corrected chi connectivity index (χ1v) is 27.9. The third-order valence-electron chi connectivity index (χ3n) is 14.6. The fourth-order valence-electron chi connectivity index (χ4n) is 9.65. The van der Waals surface area contributed by atoms with Gasteiger partial charge in [-0.1, -0.05) is 135 Å². The van der Waals surface area contributed by atoms with Crippen molar-refractivity contribution in [3.8, 4) is 11.8 Å². The molecule has 84 heavy (non-hydrogen) atoms. The lowest BCUT2D eigenvalue weighted by atomic mass is 9.76. The van der Waals surface area contributed by atoms with Crippen LogP contribution in [0.1, 0.15) is 123 Å². The summed E-state index contributed by atoms with van der Waals surface area (Å²) < 4.78 is 5.52. The van der Waals surface area contributed by atoms with Gasteiger partial charge in [0.15, 0.2) is 0 Å². The van der Waals surface area contributed by atoms with E-state index in [1.807, 2.05) is 97.0 Å². The second-order valence-electron chi connectivity index (χ2n) is 23.2. The molecule has 1 heterocycles. The number of nitrogens with one attached hydrogen (secondary N) is 6. The first-order valence-electron chi connectivity index (χ1n) is 27.9. The van der Waals surface area contributed by atoms with Gasteiger partial charge in [-0.05, 0) is 96.8 Å². The molecule has 448 valence electrons. The van der Waals surface area contributed by atoms with Crippen LogP contribution in [0.3, 0.4) is 0 Å². The average molecular weight is 1150 g/mol. The summed E-state index contributed by atoms with van der Waals surface area (Å²) in [5, 5.41) is 35.9. The minimum absolute atomic E-state index is 0.0966. The van der Waals surface area contributed by atoms with Gasteiger partial charge < -0.3 is 51.3 Å². The molecule has 1 aliphatic heterocycles. The van der Waals surface area contributed by atoms with Crippen LogP contribution < -0.4 is 36.8 Å². The average Bonchev–Trinajstić information content (AvgIpc) is 2.04. The molecule has 5 atom stereocenters.